The van der Waals surface area contributed by atoms with Crippen LogP contribution >= 0.6 is 0 Å². The van der Waals surface area contributed by atoms with Crippen molar-refractivity contribution in [2.45, 2.75) is 27.7 Å². The largest absolute Gasteiger partial charge is 0.308 e. The number of rotatable bonds is 8. The van der Waals surface area contributed by atoms with Gasteiger partial charge < -0.3 is 4.57 Å². The first-order valence-corrected chi connectivity index (χ1v) is 23.1. The third-order valence-corrected chi connectivity index (χ3v) is 12.9. The maximum atomic E-state index is 10.3. The minimum Gasteiger partial charge on any atom is -0.308 e. The Morgan fingerprint density at radius 3 is 1.19 bits per heavy atom. The van der Waals surface area contributed by atoms with Crippen LogP contribution < -0.4 is 0 Å². The van der Waals surface area contributed by atoms with E-state index < -0.39 is 0 Å². The molecule has 0 aliphatic heterocycles. The van der Waals surface area contributed by atoms with Crippen LogP contribution in [0.25, 0.3) is 106 Å². The van der Waals surface area contributed by atoms with Crippen LogP contribution in [0.2, 0.25) is 0 Å². The van der Waals surface area contributed by atoms with E-state index in [2.05, 4.69) is 166 Å². The number of nitrogens with zero attached hydrogens (tertiary/aromatic N) is 5. The van der Waals surface area contributed by atoms with Crippen LogP contribution in [0.5, 0.6) is 0 Å². The summed E-state index contributed by atoms with van der Waals surface area (Å²) in [6, 6.07) is 74.3. The Labute approximate surface area is 402 Å². The first-order valence-electron chi connectivity index (χ1n) is 23.1. The number of hydrogen-bond acceptors (Lipinski definition) is 4. The summed E-state index contributed by atoms with van der Waals surface area (Å²) in [5, 5.41) is 22.9. The van der Waals surface area contributed by atoms with Gasteiger partial charge in [0.25, 0.3) is 0 Å². The van der Waals surface area contributed by atoms with Gasteiger partial charge in [0.05, 0.1) is 51.4 Å². The summed E-state index contributed by atoms with van der Waals surface area (Å²) in [4.78, 5) is 10.6. The SMILES string of the molecule is Cc1cc(C)cc(-c2ccc3c(c2)c2cc(-c4cc(C)cc(C)c4)ccc2n3-c2c(-c3cccc(C#N)c3)cc(-c3nc(-c4ccccc4)cc(-c4ccccc4)n3)cc2-c2cccc(C#N)c2)c1. The Bertz CT molecular complexity index is 3620. The van der Waals surface area contributed by atoms with Crippen LogP contribution in [0.4, 0.5) is 0 Å². The van der Waals surface area contributed by atoms with Gasteiger partial charge in [-0.15, -0.1) is 0 Å². The van der Waals surface area contributed by atoms with E-state index in [1.54, 1.807) is 0 Å². The molecule has 0 N–H and O–H groups in total. The number of aryl methyl sites for hydroxylation is 4. The molecule has 5 nitrogen and oxygen atoms in total. The van der Waals surface area contributed by atoms with Crippen LogP contribution in [0, 0.1) is 50.4 Å². The van der Waals surface area contributed by atoms with Crippen molar-refractivity contribution >= 4 is 21.8 Å². The molecule has 69 heavy (non-hydrogen) atoms. The lowest BCUT2D eigenvalue weighted by molar-refractivity contribution is 1.17. The summed E-state index contributed by atoms with van der Waals surface area (Å²) in [5.41, 5.74) is 21.3. The lowest BCUT2D eigenvalue weighted by Crippen LogP contribution is -2.03. The predicted molar refractivity (Wildman–Crippen MR) is 283 cm³/mol. The highest BCUT2D eigenvalue weighted by atomic mass is 15.0. The zero-order valence-electron chi connectivity index (χ0n) is 38.8. The molecule has 9 aromatic carbocycles. The van der Waals surface area contributed by atoms with E-state index in [4.69, 9.17) is 9.97 Å². The first kappa shape index (κ1) is 42.5. The van der Waals surface area contributed by atoms with E-state index in [0.29, 0.717) is 17.0 Å². The van der Waals surface area contributed by atoms with Gasteiger partial charge in [-0.25, -0.2) is 9.97 Å². The molecule has 5 heteroatoms. The standard InChI is InChI=1S/C64H45N5/c1-40-25-41(2)28-52(27-40)48-21-23-61-57(33-48)58-34-49(53-29-42(3)26-43(4)30-53)22-24-62(58)69(61)63-55(50-19-11-13-44(31-50)38-65)35-54(36-56(63)51-20-12-14-45(32-51)39-66)64-67-59(46-15-7-5-8-16-46)37-60(68-64)47-17-9-6-10-18-47/h5-37H,1-4H3. The van der Waals surface area contributed by atoms with Gasteiger partial charge >= 0.3 is 0 Å². The van der Waals surface area contributed by atoms with Crippen molar-refractivity contribution in [1.82, 2.24) is 14.5 Å². The summed E-state index contributed by atoms with van der Waals surface area (Å²) in [7, 11) is 0. The highest BCUT2D eigenvalue weighted by Gasteiger charge is 2.24. The van der Waals surface area contributed by atoms with Crippen molar-refractivity contribution in [1.29, 1.82) is 10.5 Å². The average molecular weight is 884 g/mol. The molecule has 0 bridgehead atoms. The fraction of sp³-hybridized carbons (Fsp3) is 0.0625. The second-order valence-electron chi connectivity index (χ2n) is 18.1. The van der Waals surface area contributed by atoms with Crippen LogP contribution in [0.1, 0.15) is 33.4 Å². The molecule has 0 saturated carbocycles. The lowest BCUT2D eigenvalue weighted by Gasteiger charge is -2.21. The maximum absolute atomic E-state index is 10.3. The fourth-order valence-electron chi connectivity index (χ4n) is 9.95. The van der Waals surface area contributed by atoms with Gasteiger partial charge in [-0.2, -0.15) is 10.5 Å². The Kier molecular flexibility index (Phi) is 10.8. The number of fused-ring (bicyclic) bond motifs is 3. The summed E-state index contributed by atoms with van der Waals surface area (Å²) < 4.78 is 2.38. The molecule has 326 valence electrons. The van der Waals surface area contributed by atoms with Crippen molar-refractivity contribution in [3.05, 3.63) is 234 Å². The van der Waals surface area contributed by atoms with Crippen molar-refractivity contribution in [2.24, 2.45) is 0 Å². The molecule has 11 rings (SSSR count). The molecule has 0 unspecified atom stereocenters. The molecule has 0 aliphatic carbocycles. The van der Waals surface area contributed by atoms with Crippen molar-refractivity contribution in [3.8, 4) is 96.2 Å². The molecule has 11 aromatic rings. The highest BCUT2D eigenvalue weighted by molar-refractivity contribution is 6.13. The van der Waals surface area contributed by atoms with E-state index in [-0.39, 0.29) is 0 Å². The third kappa shape index (κ3) is 8.14. The van der Waals surface area contributed by atoms with Crippen molar-refractivity contribution < 1.29 is 0 Å². The van der Waals surface area contributed by atoms with Gasteiger partial charge in [0.15, 0.2) is 5.82 Å². The second-order valence-corrected chi connectivity index (χ2v) is 18.1. The molecule has 0 atom stereocenters. The summed E-state index contributed by atoms with van der Waals surface area (Å²) >= 11 is 0. The highest BCUT2D eigenvalue weighted by Crippen LogP contribution is 2.46. The van der Waals surface area contributed by atoms with E-state index in [1.807, 2.05) is 78.9 Å². The van der Waals surface area contributed by atoms with Crippen LogP contribution in [-0.2, 0) is 0 Å². The minimum absolute atomic E-state index is 0.545. The summed E-state index contributed by atoms with van der Waals surface area (Å²) in [6.07, 6.45) is 0. The number of hydrogen-bond donors (Lipinski definition) is 0. The fourth-order valence-corrected chi connectivity index (χ4v) is 9.95. The molecule has 0 radical (unpaired) electrons. The second kappa shape index (κ2) is 17.6. The van der Waals surface area contributed by atoms with Crippen molar-refractivity contribution in [3.63, 3.8) is 0 Å². The number of nitriles is 2. The Morgan fingerprint density at radius 1 is 0.348 bits per heavy atom. The summed E-state index contributed by atoms with van der Waals surface area (Å²) in [5.74, 6) is 0.551. The van der Waals surface area contributed by atoms with Gasteiger partial charge in [0, 0.05) is 38.6 Å². The Hall–Kier alpha value is -9.16. The van der Waals surface area contributed by atoms with Gasteiger partial charge in [-0.05, 0) is 128 Å². The number of benzene rings is 9. The molecule has 2 heterocycles. The molecule has 0 spiro atoms. The minimum atomic E-state index is 0.545. The summed E-state index contributed by atoms with van der Waals surface area (Å²) in [6.45, 7) is 8.60. The monoisotopic (exact) mass is 883 g/mol. The van der Waals surface area contributed by atoms with Gasteiger partial charge in [0.1, 0.15) is 0 Å². The smallest absolute Gasteiger partial charge is 0.160 e. The quantitative estimate of drug-likeness (QED) is 0.152. The maximum Gasteiger partial charge on any atom is 0.160 e. The third-order valence-electron chi connectivity index (χ3n) is 12.9. The molecule has 0 saturated heterocycles. The molecular formula is C64H45N5. The molecule has 0 amide bonds. The van der Waals surface area contributed by atoms with E-state index in [1.165, 1.54) is 33.4 Å². The zero-order chi connectivity index (χ0) is 47.2. The number of aromatic nitrogens is 3. The molecular weight excluding hydrogens is 839 g/mol. The first-order chi connectivity index (χ1) is 33.7. The molecule has 2 aromatic heterocycles. The van der Waals surface area contributed by atoms with Crippen LogP contribution in [0.15, 0.2) is 200 Å². The van der Waals surface area contributed by atoms with Gasteiger partial charge in [-0.1, -0.05) is 156 Å². The van der Waals surface area contributed by atoms with Crippen molar-refractivity contribution in [2.75, 3.05) is 0 Å². The zero-order valence-corrected chi connectivity index (χ0v) is 38.8. The van der Waals surface area contributed by atoms with Gasteiger partial charge in [-0.3, -0.25) is 0 Å². The van der Waals surface area contributed by atoms with E-state index in [0.717, 1.165) is 89.0 Å². The van der Waals surface area contributed by atoms with Crippen LogP contribution in [0.3, 0.4) is 0 Å². The lowest BCUT2D eigenvalue weighted by atomic mass is 9.91. The van der Waals surface area contributed by atoms with E-state index in [9.17, 15) is 10.5 Å². The molecule has 0 fully saturated rings. The average Bonchev–Trinajstić information content (AvgIpc) is 3.70. The van der Waals surface area contributed by atoms with Crippen LogP contribution in [-0.4, -0.2) is 14.5 Å². The Morgan fingerprint density at radius 2 is 0.768 bits per heavy atom. The van der Waals surface area contributed by atoms with E-state index >= 15 is 0 Å². The normalized spacial score (nSPS) is 11.2. The molecule has 0 aliphatic rings. The predicted octanol–water partition coefficient (Wildman–Crippen LogP) is 16.2. The topological polar surface area (TPSA) is 78.3 Å². The Balaban J connectivity index is 1.27. The van der Waals surface area contributed by atoms with Gasteiger partial charge in [0.2, 0.25) is 0 Å².